The van der Waals surface area contributed by atoms with Crippen molar-refractivity contribution in [3.05, 3.63) is 18.2 Å². The number of unbranched alkanes of at least 4 members (excludes halogenated alkanes) is 13. The minimum Gasteiger partial charge on any atom is -0.461 e. The van der Waals surface area contributed by atoms with Crippen LogP contribution in [0.25, 0.3) is 0 Å². The Balaban J connectivity index is 2.57. The van der Waals surface area contributed by atoms with Crippen LogP contribution in [0.2, 0.25) is 0 Å². The topological polar surface area (TPSA) is 56.1 Å². The fraction of sp³-hybridized carbons (Fsp3) is 0.875. The molecule has 1 heterocycles. The largest absolute Gasteiger partial charge is 0.461 e. The van der Waals surface area contributed by atoms with Crippen molar-refractivity contribution in [2.45, 2.75) is 175 Å². The highest BCUT2D eigenvalue weighted by atomic mass is 16.5. The van der Waals surface area contributed by atoms with Gasteiger partial charge in [-0.05, 0) is 52.0 Å². The Morgan fingerprint density at radius 1 is 0.784 bits per heavy atom. The average Bonchev–Trinajstić information content (AvgIpc) is 3.31. The van der Waals surface area contributed by atoms with Gasteiger partial charge >= 0.3 is 5.97 Å². The zero-order valence-corrected chi connectivity index (χ0v) is 25.1. The third-order valence-corrected chi connectivity index (χ3v) is 7.56. The number of imidazole rings is 1. The van der Waals surface area contributed by atoms with Gasteiger partial charge in [-0.15, -0.1) is 0 Å². The van der Waals surface area contributed by atoms with Gasteiger partial charge in [-0.3, -0.25) is 4.79 Å². The zero-order chi connectivity index (χ0) is 27.0. The average molecular weight is 520 g/mol. The molecule has 1 rings (SSSR count). The lowest BCUT2D eigenvalue weighted by atomic mass is 10.0. The van der Waals surface area contributed by atoms with E-state index < -0.39 is 0 Å². The van der Waals surface area contributed by atoms with E-state index in [1.54, 1.807) is 0 Å². The summed E-state index contributed by atoms with van der Waals surface area (Å²) in [6, 6.07) is -0.183. The molecule has 0 bridgehead atoms. The maximum Gasteiger partial charge on any atom is 0.323 e. The SMILES string of the molecule is CCCCCCCCC(CCCCCCCC)OC(=O)C(CCCCCC)NCCCn1ccnc1C. The van der Waals surface area contributed by atoms with Crippen LogP contribution >= 0.6 is 0 Å². The summed E-state index contributed by atoms with van der Waals surface area (Å²) in [6.45, 7) is 10.6. The van der Waals surface area contributed by atoms with E-state index in [1.165, 1.54) is 96.3 Å². The first-order chi connectivity index (χ1) is 18.1. The molecule has 37 heavy (non-hydrogen) atoms. The van der Waals surface area contributed by atoms with E-state index in [2.05, 4.69) is 35.6 Å². The summed E-state index contributed by atoms with van der Waals surface area (Å²) in [5.74, 6) is 1.03. The van der Waals surface area contributed by atoms with Crippen LogP contribution in [-0.2, 0) is 16.1 Å². The van der Waals surface area contributed by atoms with Crippen molar-refractivity contribution < 1.29 is 9.53 Å². The first kappa shape index (κ1) is 33.7. The van der Waals surface area contributed by atoms with Crippen molar-refractivity contribution in [3.8, 4) is 0 Å². The van der Waals surface area contributed by atoms with Gasteiger partial charge in [0, 0.05) is 18.9 Å². The maximum absolute atomic E-state index is 13.3. The van der Waals surface area contributed by atoms with E-state index in [4.69, 9.17) is 4.74 Å². The predicted molar refractivity (Wildman–Crippen MR) is 158 cm³/mol. The molecule has 1 unspecified atom stereocenters. The van der Waals surface area contributed by atoms with Gasteiger partial charge in [-0.2, -0.15) is 0 Å². The van der Waals surface area contributed by atoms with E-state index >= 15 is 0 Å². The maximum atomic E-state index is 13.3. The first-order valence-electron chi connectivity index (χ1n) is 16.0. The summed E-state index contributed by atoms with van der Waals surface area (Å²) < 4.78 is 8.40. The molecule has 0 fully saturated rings. The van der Waals surface area contributed by atoms with Crippen molar-refractivity contribution in [1.29, 1.82) is 0 Å². The van der Waals surface area contributed by atoms with E-state index in [-0.39, 0.29) is 18.1 Å². The fourth-order valence-corrected chi connectivity index (χ4v) is 5.06. The lowest BCUT2D eigenvalue weighted by Gasteiger charge is -2.23. The first-order valence-corrected chi connectivity index (χ1v) is 16.0. The van der Waals surface area contributed by atoms with Crippen LogP contribution in [0.15, 0.2) is 12.4 Å². The van der Waals surface area contributed by atoms with Crippen molar-refractivity contribution in [2.75, 3.05) is 6.54 Å². The zero-order valence-electron chi connectivity index (χ0n) is 25.1. The normalized spacial score (nSPS) is 12.4. The number of aryl methyl sites for hydroxylation is 2. The summed E-state index contributed by atoms with van der Waals surface area (Å²) in [4.78, 5) is 17.7. The molecule has 5 nitrogen and oxygen atoms in total. The van der Waals surface area contributed by atoms with E-state index in [0.717, 1.165) is 51.0 Å². The third kappa shape index (κ3) is 17.7. The van der Waals surface area contributed by atoms with Crippen molar-refractivity contribution in [1.82, 2.24) is 14.9 Å². The molecule has 1 aromatic rings. The Bertz CT molecular complexity index is 630. The van der Waals surface area contributed by atoms with Gasteiger partial charge in [-0.1, -0.05) is 111 Å². The van der Waals surface area contributed by atoms with Crippen LogP contribution in [0.4, 0.5) is 0 Å². The number of hydrogen-bond acceptors (Lipinski definition) is 4. The number of nitrogens with one attached hydrogen (secondary N) is 1. The molecule has 0 radical (unpaired) electrons. The molecule has 5 heteroatoms. The second-order valence-corrected chi connectivity index (χ2v) is 11.0. The molecule has 0 aliphatic heterocycles. The molecular weight excluding hydrogens is 458 g/mol. The molecule has 0 aliphatic rings. The minimum absolute atomic E-state index is 0.0164. The number of esters is 1. The van der Waals surface area contributed by atoms with E-state index in [0.29, 0.717) is 0 Å². The molecule has 1 aromatic heterocycles. The molecule has 0 aromatic carbocycles. The Labute approximate surface area is 229 Å². The third-order valence-electron chi connectivity index (χ3n) is 7.56. The Kier molecular flexibility index (Phi) is 21.6. The quantitative estimate of drug-likeness (QED) is 0.0980. The summed E-state index contributed by atoms with van der Waals surface area (Å²) in [7, 11) is 0. The number of carbonyl (C=O) groups is 1. The van der Waals surface area contributed by atoms with Gasteiger partial charge < -0.3 is 14.6 Å². The minimum atomic E-state index is -0.183. The molecule has 1 N–H and O–H groups in total. The van der Waals surface area contributed by atoms with Crippen LogP contribution in [0, 0.1) is 6.92 Å². The number of hydrogen-bond donors (Lipinski definition) is 1. The molecule has 1 atom stereocenters. The van der Waals surface area contributed by atoms with Crippen LogP contribution in [0.3, 0.4) is 0 Å². The number of rotatable bonds is 26. The molecule has 0 saturated carbocycles. The lowest BCUT2D eigenvalue weighted by molar-refractivity contribution is -0.152. The molecule has 216 valence electrons. The summed E-state index contributed by atoms with van der Waals surface area (Å²) in [6.07, 6.45) is 28.0. The van der Waals surface area contributed by atoms with Crippen LogP contribution < -0.4 is 5.32 Å². The van der Waals surface area contributed by atoms with Gasteiger partial charge in [0.1, 0.15) is 18.0 Å². The van der Waals surface area contributed by atoms with Crippen LogP contribution in [-0.4, -0.2) is 34.2 Å². The molecule has 0 amide bonds. The van der Waals surface area contributed by atoms with E-state index in [9.17, 15) is 4.79 Å². The number of aromatic nitrogens is 2. The second kappa shape index (κ2) is 23.7. The van der Waals surface area contributed by atoms with Crippen molar-refractivity contribution in [3.63, 3.8) is 0 Å². The van der Waals surface area contributed by atoms with Gasteiger partial charge in [0.25, 0.3) is 0 Å². The number of carbonyl (C=O) groups excluding carboxylic acids is 1. The summed E-state index contributed by atoms with van der Waals surface area (Å²) in [5.41, 5.74) is 0. The fourth-order valence-electron chi connectivity index (χ4n) is 5.06. The molecule has 0 spiro atoms. The Morgan fingerprint density at radius 2 is 1.30 bits per heavy atom. The molecule has 0 aliphatic carbocycles. The predicted octanol–water partition coefficient (Wildman–Crippen LogP) is 8.92. The van der Waals surface area contributed by atoms with Gasteiger partial charge in [0.15, 0.2) is 0 Å². The lowest BCUT2D eigenvalue weighted by Crippen LogP contribution is -2.40. The highest BCUT2D eigenvalue weighted by Gasteiger charge is 2.23. The van der Waals surface area contributed by atoms with Gasteiger partial charge in [0.2, 0.25) is 0 Å². The van der Waals surface area contributed by atoms with Crippen LogP contribution in [0.1, 0.15) is 155 Å². The number of ether oxygens (including phenoxy) is 1. The summed E-state index contributed by atoms with van der Waals surface area (Å²) in [5, 5.41) is 3.56. The molecule has 0 saturated heterocycles. The summed E-state index contributed by atoms with van der Waals surface area (Å²) >= 11 is 0. The monoisotopic (exact) mass is 519 g/mol. The molecular formula is C32H61N3O2. The Morgan fingerprint density at radius 3 is 1.84 bits per heavy atom. The standard InChI is InChI=1S/C32H61N3O2/c1-5-8-11-14-16-18-22-30(23-19-17-15-12-9-6-2)37-32(36)31(24-20-13-10-7-3)34-25-21-27-35-28-26-33-29(35)4/h26,28,30-31,34H,5-25,27H2,1-4H3. The van der Waals surface area contributed by atoms with Crippen LogP contribution in [0.5, 0.6) is 0 Å². The van der Waals surface area contributed by atoms with E-state index in [1.807, 2.05) is 19.3 Å². The van der Waals surface area contributed by atoms with Crippen molar-refractivity contribution in [2.24, 2.45) is 0 Å². The highest BCUT2D eigenvalue weighted by molar-refractivity contribution is 5.75. The smallest absolute Gasteiger partial charge is 0.323 e. The second-order valence-electron chi connectivity index (χ2n) is 11.0. The Hall–Kier alpha value is -1.36. The van der Waals surface area contributed by atoms with Gasteiger partial charge in [0.05, 0.1) is 0 Å². The number of nitrogens with zero attached hydrogens (tertiary/aromatic N) is 2. The van der Waals surface area contributed by atoms with Crippen molar-refractivity contribution >= 4 is 5.97 Å². The highest BCUT2D eigenvalue weighted by Crippen LogP contribution is 2.18. The van der Waals surface area contributed by atoms with Gasteiger partial charge in [-0.25, -0.2) is 4.98 Å².